The first-order chi connectivity index (χ1) is 11.8. The van der Waals surface area contributed by atoms with Crippen molar-refractivity contribution in [3.05, 3.63) is 30.3 Å². The molecule has 132 valence electrons. The first-order valence-corrected chi connectivity index (χ1v) is 8.61. The van der Waals surface area contributed by atoms with Gasteiger partial charge in [0, 0.05) is 6.42 Å². The zero-order valence-corrected chi connectivity index (χ0v) is 13.9. The molecular weight excluding hydrogens is 310 g/mol. The third-order valence-electron chi connectivity index (χ3n) is 4.38. The average Bonchev–Trinajstić information content (AvgIpc) is 3.07. The van der Waals surface area contributed by atoms with Crippen LogP contribution in [0.25, 0.3) is 0 Å². The van der Waals surface area contributed by atoms with Crippen molar-refractivity contribution in [1.29, 1.82) is 0 Å². The Morgan fingerprint density at radius 2 is 1.96 bits per heavy atom. The van der Waals surface area contributed by atoms with Crippen molar-refractivity contribution in [2.24, 2.45) is 0 Å². The van der Waals surface area contributed by atoms with E-state index in [1.54, 1.807) is 0 Å². The number of hydrogen-bond donors (Lipinski definition) is 1. The summed E-state index contributed by atoms with van der Waals surface area (Å²) in [5.74, 6) is 0.0370. The molecule has 3 rings (SSSR count). The van der Waals surface area contributed by atoms with E-state index in [4.69, 9.17) is 18.9 Å². The van der Waals surface area contributed by atoms with Crippen LogP contribution in [-0.4, -0.2) is 50.8 Å². The van der Waals surface area contributed by atoms with Gasteiger partial charge in [0.05, 0.1) is 25.9 Å². The third kappa shape index (κ3) is 4.47. The quantitative estimate of drug-likeness (QED) is 0.771. The Balaban J connectivity index is 1.35. The number of para-hydroxylation sites is 1. The normalized spacial score (nSPS) is 22.4. The van der Waals surface area contributed by atoms with Crippen LogP contribution in [0.3, 0.4) is 0 Å². The van der Waals surface area contributed by atoms with E-state index >= 15 is 0 Å². The molecule has 1 N–H and O–H groups in total. The topological polar surface area (TPSA) is 66.0 Å². The maximum atomic E-state index is 12.1. The van der Waals surface area contributed by atoms with E-state index in [-0.39, 0.29) is 18.6 Å². The van der Waals surface area contributed by atoms with Crippen LogP contribution in [0.4, 0.5) is 0 Å². The summed E-state index contributed by atoms with van der Waals surface area (Å²) in [7, 11) is 0. The summed E-state index contributed by atoms with van der Waals surface area (Å²) in [5, 5.41) is 3.01. The summed E-state index contributed by atoms with van der Waals surface area (Å²) in [5.41, 5.74) is 0. The van der Waals surface area contributed by atoms with E-state index in [2.05, 4.69) is 5.32 Å². The molecule has 6 nitrogen and oxygen atoms in total. The monoisotopic (exact) mass is 335 g/mol. The highest BCUT2D eigenvalue weighted by Gasteiger charge is 2.46. The average molecular weight is 335 g/mol. The molecule has 1 saturated heterocycles. The molecule has 24 heavy (non-hydrogen) atoms. The van der Waals surface area contributed by atoms with Crippen molar-refractivity contribution in [2.75, 3.05) is 33.0 Å². The predicted molar refractivity (Wildman–Crippen MR) is 87.8 cm³/mol. The van der Waals surface area contributed by atoms with Gasteiger partial charge in [0.25, 0.3) is 0 Å². The van der Waals surface area contributed by atoms with Crippen molar-refractivity contribution < 1.29 is 23.7 Å². The lowest BCUT2D eigenvalue weighted by molar-refractivity contribution is -0.196. The lowest BCUT2D eigenvalue weighted by Crippen LogP contribution is -2.55. The molecule has 1 saturated carbocycles. The van der Waals surface area contributed by atoms with Gasteiger partial charge in [-0.25, -0.2) is 0 Å². The fourth-order valence-corrected chi connectivity index (χ4v) is 3.25. The number of carbonyl (C=O) groups is 1. The second-order valence-electron chi connectivity index (χ2n) is 6.09. The maximum absolute atomic E-state index is 12.1. The zero-order valence-electron chi connectivity index (χ0n) is 13.9. The minimum atomic E-state index is -0.621. The molecule has 0 aromatic heterocycles. The Bertz CT molecular complexity index is 515. The Kier molecular flexibility index (Phi) is 6.07. The number of benzene rings is 1. The van der Waals surface area contributed by atoms with Crippen molar-refractivity contribution >= 4 is 5.91 Å². The second kappa shape index (κ2) is 8.46. The Morgan fingerprint density at radius 3 is 2.75 bits per heavy atom. The van der Waals surface area contributed by atoms with Gasteiger partial charge in [0.15, 0.2) is 5.79 Å². The van der Waals surface area contributed by atoms with Gasteiger partial charge in [-0.05, 0) is 25.0 Å². The van der Waals surface area contributed by atoms with Gasteiger partial charge < -0.3 is 24.3 Å². The van der Waals surface area contributed by atoms with Crippen LogP contribution in [0, 0.1) is 0 Å². The summed E-state index contributed by atoms with van der Waals surface area (Å²) < 4.78 is 22.5. The molecule has 1 heterocycles. The lowest BCUT2D eigenvalue weighted by atomic mass is 9.89. The Labute approximate surface area is 142 Å². The van der Waals surface area contributed by atoms with Gasteiger partial charge >= 0.3 is 0 Å². The molecule has 0 radical (unpaired) electrons. The fraction of sp³-hybridized carbons (Fsp3) is 0.611. The highest BCUT2D eigenvalue weighted by atomic mass is 16.7. The molecule has 0 bridgehead atoms. The van der Waals surface area contributed by atoms with Crippen LogP contribution in [0.5, 0.6) is 5.75 Å². The van der Waals surface area contributed by atoms with Crippen molar-refractivity contribution in [2.45, 2.75) is 37.5 Å². The first kappa shape index (κ1) is 17.2. The van der Waals surface area contributed by atoms with Gasteiger partial charge in [-0.1, -0.05) is 24.6 Å². The molecular formula is C18H25NO5. The highest BCUT2D eigenvalue weighted by Crippen LogP contribution is 2.35. The van der Waals surface area contributed by atoms with E-state index < -0.39 is 5.79 Å². The van der Waals surface area contributed by atoms with Gasteiger partial charge in [-0.2, -0.15) is 0 Å². The van der Waals surface area contributed by atoms with E-state index in [1.807, 2.05) is 30.3 Å². The largest absolute Gasteiger partial charge is 0.491 e. The summed E-state index contributed by atoms with van der Waals surface area (Å²) in [4.78, 5) is 12.1. The van der Waals surface area contributed by atoms with Crippen molar-refractivity contribution in [3.63, 3.8) is 0 Å². The van der Waals surface area contributed by atoms with Crippen molar-refractivity contribution in [3.8, 4) is 5.75 Å². The Morgan fingerprint density at radius 1 is 1.17 bits per heavy atom. The predicted octanol–water partition coefficient (Wildman–Crippen LogP) is 1.88. The second-order valence-corrected chi connectivity index (χ2v) is 6.09. The SMILES string of the molecule is O=C(COCCOc1ccccc1)N[C@@H]1CCCCC12OCCO2. The molecule has 0 unspecified atom stereocenters. The molecule has 1 aliphatic heterocycles. The van der Waals surface area contributed by atoms with Crippen LogP contribution in [0.1, 0.15) is 25.7 Å². The molecule has 1 aromatic carbocycles. The van der Waals surface area contributed by atoms with Gasteiger partial charge in [-0.15, -0.1) is 0 Å². The van der Waals surface area contributed by atoms with Gasteiger partial charge in [0.2, 0.25) is 5.91 Å². The molecule has 1 atom stereocenters. The van der Waals surface area contributed by atoms with Crippen LogP contribution >= 0.6 is 0 Å². The van der Waals surface area contributed by atoms with Crippen molar-refractivity contribution in [1.82, 2.24) is 5.32 Å². The molecule has 2 aliphatic rings. The summed E-state index contributed by atoms with van der Waals surface area (Å²) in [6.45, 7) is 1.99. The molecule has 1 amide bonds. The van der Waals surface area contributed by atoms with Crippen LogP contribution in [-0.2, 0) is 19.0 Å². The number of carbonyl (C=O) groups excluding carboxylic acids is 1. The maximum Gasteiger partial charge on any atom is 0.246 e. The number of ether oxygens (including phenoxy) is 4. The standard InChI is InChI=1S/C18H25NO5/c20-17(14-21-10-11-22-15-6-2-1-3-7-15)19-16-8-4-5-9-18(16)23-12-13-24-18/h1-3,6-7,16H,4-5,8-14H2,(H,19,20)/t16-/m1/s1. The molecule has 2 fully saturated rings. The minimum absolute atomic E-state index is 0.0186. The Hall–Kier alpha value is -1.63. The molecule has 1 aliphatic carbocycles. The summed E-state index contributed by atoms with van der Waals surface area (Å²) in [6.07, 6.45) is 3.86. The molecule has 1 spiro atoms. The number of amides is 1. The fourth-order valence-electron chi connectivity index (χ4n) is 3.25. The summed E-state index contributed by atoms with van der Waals surface area (Å²) >= 11 is 0. The van der Waals surface area contributed by atoms with E-state index in [9.17, 15) is 4.79 Å². The van der Waals surface area contributed by atoms with Crippen LogP contribution in [0.15, 0.2) is 30.3 Å². The number of nitrogens with one attached hydrogen (secondary N) is 1. The lowest BCUT2D eigenvalue weighted by Gasteiger charge is -2.39. The first-order valence-electron chi connectivity index (χ1n) is 8.61. The highest BCUT2D eigenvalue weighted by molar-refractivity contribution is 5.77. The van der Waals surface area contributed by atoms with Crippen LogP contribution < -0.4 is 10.1 Å². The molecule has 1 aromatic rings. The third-order valence-corrected chi connectivity index (χ3v) is 4.38. The number of rotatable bonds is 7. The van der Waals surface area contributed by atoms with Crippen LogP contribution in [0.2, 0.25) is 0 Å². The van der Waals surface area contributed by atoms with E-state index in [1.165, 1.54) is 0 Å². The van der Waals surface area contributed by atoms with E-state index in [0.717, 1.165) is 31.4 Å². The molecule has 6 heteroatoms. The van der Waals surface area contributed by atoms with Gasteiger partial charge in [-0.3, -0.25) is 4.79 Å². The van der Waals surface area contributed by atoms with Gasteiger partial charge in [0.1, 0.15) is 19.0 Å². The minimum Gasteiger partial charge on any atom is -0.491 e. The van der Waals surface area contributed by atoms with E-state index in [0.29, 0.717) is 26.4 Å². The smallest absolute Gasteiger partial charge is 0.246 e. The zero-order chi connectivity index (χ0) is 16.7. The number of hydrogen-bond acceptors (Lipinski definition) is 5. The summed E-state index contributed by atoms with van der Waals surface area (Å²) in [6, 6.07) is 9.44.